The molecule has 0 aromatic heterocycles. The van der Waals surface area contributed by atoms with Crippen molar-refractivity contribution in [3.8, 4) is 5.75 Å². The zero-order valence-electron chi connectivity index (χ0n) is 13.0. The van der Waals surface area contributed by atoms with Crippen molar-refractivity contribution in [2.45, 2.75) is 0 Å². The number of nitrogens with zero attached hydrogens (tertiary/aromatic N) is 1. The molecule has 0 heterocycles. The van der Waals surface area contributed by atoms with Crippen molar-refractivity contribution in [1.82, 2.24) is 0 Å². The number of hydrogen-bond acceptors (Lipinski definition) is 6. The highest BCUT2D eigenvalue weighted by Gasteiger charge is 2.15. The quantitative estimate of drug-likeness (QED) is 0.446. The molecule has 1 N–H and O–H groups in total. The number of carbonyl (C=O) groups excluding carboxylic acids is 2. The van der Waals surface area contributed by atoms with E-state index in [4.69, 9.17) is 4.74 Å². The molecular formula is C16H13BrN2O6. The Bertz CT molecular complexity index is 807. The summed E-state index contributed by atoms with van der Waals surface area (Å²) in [5, 5.41) is 13.1. The van der Waals surface area contributed by atoms with Crippen molar-refractivity contribution >= 4 is 39.2 Å². The lowest BCUT2D eigenvalue weighted by Crippen LogP contribution is -2.21. The van der Waals surface area contributed by atoms with Crippen molar-refractivity contribution in [2.75, 3.05) is 19.0 Å². The van der Waals surface area contributed by atoms with Crippen LogP contribution in [0.2, 0.25) is 0 Å². The van der Waals surface area contributed by atoms with Crippen LogP contribution in [-0.2, 0) is 9.53 Å². The Hall–Kier alpha value is -2.94. The van der Waals surface area contributed by atoms with E-state index in [9.17, 15) is 19.7 Å². The molecule has 130 valence electrons. The number of non-ortho nitro benzene ring substituents is 1. The third-order valence-corrected chi connectivity index (χ3v) is 3.57. The highest BCUT2D eigenvalue weighted by atomic mass is 79.9. The van der Waals surface area contributed by atoms with Gasteiger partial charge in [0.1, 0.15) is 5.75 Å². The lowest BCUT2D eigenvalue weighted by Gasteiger charge is -2.11. The summed E-state index contributed by atoms with van der Waals surface area (Å²) < 4.78 is 10.6. The monoisotopic (exact) mass is 408 g/mol. The summed E-state index contributed by atoms with van der Waals surface area (Å²) in [6.07, 6.45) is 0. The minimum Gasteiger partial charge on any atom is -0.484 e. The summed E-state index contributed by atoms with van der Waals surface area (Å²) in [4.78, 5) is 33.8. The van der Waals surface area contributed by atoms with Gasteiger partial charge in [-0.25, -0.2) is 4.79 Å². The number of halogens is 1. The van der Waals surface area contributed by atoms with Crippen molar-refractivity contribution < 1.29 is 24.0 Å². The van der Waals surface area contributed by atoms with Crippen LogP contribution in [0, 0.1) is 10.1 Å². The molecule has 2 rings (SSSR count). The maximum atomic E-state index is 12.0. The van der Waals surface area contributed by atoms with Crippen molar-refractivity contribution in [3.05, 3.63) is 62.6 Å². The Balaban J connectivity index is 2.01. The topological polar surface area (TPSA) is 108 Å². The SMILES string of the molecule is COC(=O)c1cc(Br)ccc1NC(=O)COc1ccc([N+](=O)[O-])cc1. The predicted octanol–water partition coefficient (Wildman–Crippen LogP) is 3.16. The number of ether oxygens (including phenoxy) is 2. The highest BCUT2D eigenvalue weighted by Crippen LogP contribution is 2.22. The molecule has 0 bridgehead atoms. The Morgan fingerprint density at radius 1 is 1.20 bits per heavy atom. The molecule has 25 heavy (non-hydrogen) atoms. The van der Waals surface area contributed by atoms with Gasteiger partial charge in [-0.1, -0.05) is 15.9 Å². The van der Waals surface area contributed by atoms with Gasteiger partial charge < -0.3 is 14.8 Å². The third kappa shape index (κ3) is 5.01. The first-order valence-corrected chi connectivity index (χ1v) is 7.75. The summed E-state index contributed by atoms with van der Waals surface area (Å²) >= 11 is 3.24. The van der Waals surface area contributed by atoms with Gasteiger partial charge in [0, 0.05) is 16.6 Å². The molecule has 0 spiro atoms. The minimum absolute atomic E-state index is 0.0746. The van der Waals surface area contributed by atoms with E-state index in [0.717, 1.165) is 0 Å². The Morgan fingerprint density at radius 3 is 2.48 bits per heavy atom. The second-order valence-electron chi connectivity index (χ2n) is 4.77. The molecular weight excluding hydrogens is 396 g/mol. The summed E-state index contributed by atoms with van der Waals surface area (Å²) in [7, 11) is 1.24. The number of amides is 1. The predicted molar refractivity (Wildman–Crippen MR) is 92.7 cm³/mol. The maximum Gasteiger partial charge on any atom is 0.340 e. The third-order valence-electron chi connectivity index (χ3n) is 3.08. The molecule has 0 unspecified atom stereocenters. The molecule has 0 atom stereocenters. The van der Waals surface area contributed by atoms with E-state index in [0.29, 0.717) is 10.2 Å². The molecule has 2 aromatic carbocycles. The van der Waals surface area contributed by atoms with Crippen LogP contribution in [-0.4, -0.2) is 30.5 Å². The first-order chi connectivity index (χ1) is 11.9. The lowest BCUT2D eigenvalue weighted by atomic mass is 10.2. The van der Waals surface area contributed by atoms with E-state index in [-0.39, 0.29) is 23.5 Å². The lowest BCUT2D eigenvalue weighted by molar-refractivity contribution is -0.384. The molecule has 0 aliphatic carbocycles. The van der Waals surface area contributed by atoms with Gasteiger partial charge in [0.2, 0.25) is 0 Å². The number of benzene rings is 2. The Labute approximate surface area is 151 Å². The zero-order chi connectivity index (χ0) is 18.4. The largest absolute Gasteiger partial charge is 0.484 e. The number of nitrogens with one attached hydrogen (secondary N) is 1. The zero-order valence-corrected chi connectivity index (χ0v) is 14.6. The summed E-state index contributed by atoms with van der Waals surface area (Å²) in [6, 6.07) is 10.1. The summed E-state index contributed by atoms with van der Waals surface area (Å²) in [5.41, 5.74) is 0.405. The fourth-order valence-corrected chi connectivity index (χ4v) is 2.26. The fraction of sp³-hybridized carbons (Fsp3) is 0.125. The minimum atomic E-state index is -0.590. The smallest absolute Gasteiger partial charge is 0.340 e. The molecule has 0 aliphatic rings. The molecule has 0 fully saturated rings. The van der Waals surface area contributed by atoms with E-state index in [2.05, 4.69) is 26.0 Å². The van der Waals surface area contributed by atoms with Gasteiger partial charge in [-0.3, -0.25) is 14.9 Å². The molecule has 9 heteroatoms. The van der Waals surface area contributed by atoms with Gasteiger partial charge in [0.25, 0.3) is 11.6 Å². The normalized spacial score (nSPS) is 10.0. The van der Waals surface area contributed by atoms with Gasteiger partial charge in [0.05, 0.1) is 23.3 Å². The number of methoxy groups -OCH3 is 1. The van der Waals surface area contributed by atoms with E-state index < -0.39 is 16.8 Å². The molecule has 0 aliphatic heterocycles. The van der Waals surface area contributed by atoms with Crippen LogP contribution in [0.4, 0.5) is 11.4 Å². The van der Waals surface area contributed by atoms with Crippen LogP contribution in [0.5, 0.6) is 5.75 Å². The average molecular weight is 409 g/mol. The number of nitro groups is 1. The average Bonchev–Trinajstić information content (AvgIpc) is 2.61. The van der Waals surface area contributed by atoms with E-state index in [1.807, 2.05) is 0 Å². The molecule has 0 saturated carbocycles. The number of nitro benzene ring substituents is 1. The Morgan fingerprint density at radius 2 is 1.88 bits per heavy atom. The summed E-state index contributed by atoms with van der Waals surface area (Å²) in [5.74, 6) is -0.775. The van der Waals surface area contributed by atoms with E-state index in [1.165, 1.54) is 37.4 Å². The van der Waals surface area contributed by atoms with Crippen LogP contribution in [0.3, 0.4) is 0 Å². The molecule has 8 nitrogen and oxygen atoms in total. The van der Waals surface area contributed by atoms with Crippen LogP contribution >= 0.6 is 15.9 Å². The van der Waals surface area contributed by atoms with Crippen molar-refractivity contribution in [3.63, 3.8) is 0 Å². The first kappa shape index (κ1) is 18.4. The van der Waals surface area contributed by atoms with Crippen molar-refractivity contribution in [2.24, 2.45) is 0 Å². The second-order valence-corrected chi connectivity index (χ2v) is 5.69. The van der Waals surface area contributed by atoms with Crippen LogP contribution in [0.15, 0.2) is 46.9 Å². The standard InChI is InChI=1S/C16H13BrN2O6/c1-24-16(21)13-8-10(17)2-7-14(13)18-15(20)9-25-12-5-3-11(4-6-12)19(22)23/h2-8H,9H2,1H3,(H,18,20). The number of hydrogen-bond donors (Lipinski definition) is 1. The number of rotatable bonds is 6. The molecule has 0 saturated heterocycles. The summed E-state index contributed by atoms with van der Waals surface area (Å²) in [6.45, 7) is -0.325. The highest BCUT2D eigenvalue weighted by molar-refractivity contribution is 9.10. The fourth-order valence-electron chi connectivity index (χ4n) is 1.90. The van der Waals surface area contributed by atoms with Crippen molar-refractivity contribution in [1.29, 1.82) is 0 Å². The maximum absolute atomic E-state index is 12.0. The molecule has 1 amide bonds. The number of anilines is 1. The van der Waals surface area contributed by atoms with Crippen LogP contribution in [0.1, 0.15) is 10.4 Å². The Kier molecular flexibility index (Phi) is 6.07. The van der Waals surface area contributed by atoms with Crippen LogP contribution in [0.25, 0.3) is 0 Å². The van der Waals surface area contributed by atoms with Gasteiger partial charge in [-0.2, -0.15) is 0 Å². The van der Waals surface area contributed by atoms with E-state index >= 15 is 0 Å². The number of carbonyl (C=O) groups is 2. The molecule has 0 radical (unpaired) electrons. The molecule has 2 aromatic rings. The number of esters is 1. The first-order valence-electron chi connectivity index (χ1n) is 6.95. The van der Waals surface area contributed by atoms with Gasteiger partial charge >= 0.3 is 5.97 Å². The van der Waals surface area contributed by atoms with E-state index in [1.54, 1.807) is 12.1 Å². The van der Waals surface area contributed by atoms with Gasteiger partial charge in [-0.15, -0.1) is 0 Å². The van der Waals surface area contributed by atoms with Crippen LogP contribution < -0.4 is 10.1 Å². The van der Waals surface area contributed by atoms with Gasteiger partial charge in [-0.05, 0) is 30.3 Å². The second kappa shape index (κ2) is 8.25. The van der Waals surface area contributed by atoms with Gasteiger partial charge in [0.15, 0.2) is 6.61 Å².